The predicted molar refractivity (Wildman–Crippen MR) is 89.7 cm³/mol. The van der Waals surface area contributed by atoms with E-state index < -0.39 is 0 Å². The van der Waals surface area contributed by atoms with Crippen LogP contribution in [0.1, 0.15) is 30.0 Å². The fourth-order valence-corrected chi connectivity index (χ4v) is 3.50. The number of fused-ring (bicyclic) bond motifs is 1. The second-order valence-corrected chi connectivity index (χ2v) is 6.37. The van der Waals surface area contributed by atoms with Gasteiger partial charge in [-0.05, 0) is 55.3 Å². The number of aromatic nitrogens is 2. The van der Waals surface area contributed by atoms with Gasteiger partial charge in [0.1, 0.15) is 11.5 Å². The molecular formula is C19H20FN3. The minimum Gasteiger partial charge on any atom is -0.343 e. The number of nitrogens with zero attached hydrogens (tertiary/aromatic N) is 2. The van der Waals surface area contributed by atoms with Gasteiger partial charge in [0.05, 0.1) is 0 Å². The van der Waals surface area contributed by atoms with E-state index in [1.54, 1.807) is 12.1 Å². The maximum Gasteiger partial charge on any atom is 0.137 e. The summed E-state index contributed by atoms with van der Waals surface area (Å²) in [5, 5.41) is 1.18. The number of hydrogen-bond acceptors (Lipinski definition) is 2. The fraction of sp³-hybridized carbons (Fsp3) is 0.316. The van der Waals surface area contributed by atoms with Crippen LogP contribution in [-0.2, 0) is 6.54 Å². The molecule has 0 spiro atoms. The van der Waals surface area contributed by atoms with E-state index in [-0.39, 0.29) is 5.82 Å². The Kier molecular flexibility index (Phi) is 3.83. The molecule has 3 aromatic rings. The maximum absolute atomic E-state index is 13.0. The van der Waals surface area contributed by atoms with E-state index in [4.69, 9.17) is 0 Å². The Morgan fingerprint density at radius 2 is 2.09 bits per heavy atom. The van der Waals surface area contributed by atoms with E-state index in [9.17, 15) is 4.39 Å². The Morgan fingerprint density at radius 1 is 1.22 bits per heavy atom. The van der Waals surface area contributed by atoms with Gasteiger partial charge in [-0.2, -0.15) is 0 Å². The number of H-pyrrole nitrogens is 1. The summed E-state index contributed by atoms with van der Waals surface area (Å²) in [6, 6.07) is 13.1. The third-order valence-electron chi connectivity index (χ3n) is 4.68. The molecule has 1 atom stereocenters. The van der Waals surface area contributed by atoms with Crippen LogP contribution in [0.25, 0.3) is 11.0 Å². The molecule has 0 saturated carbocycles. The minimum atomic E-state index is -0.171. The molecule has 2 aromatic heterocycles. The lowest BCUT2D eigenvalue weighted by Crippen LogP contribution is -2.34. The number of benzene rings is 1. The summed E-state index contributed by atoms with van der Waals surface area (Å²) >= 11 is 0. The van der Waals surface area contributed by atoms with E-state index in [0.29, 0.717) is 5.92 Å². The number of nitrogens with one attached hydrogen (secondary N) is 1. The maximum atomic E-state index is 13.0. The first-order valence-electron chi connectivity index (χ1n) is 8.18. The van der Waals surface area contributed by atoms with Crippen LogP contribution in [0.15, 0.2) is 48.7 Å². The number of piperidine rings is 1. The molecule has 1 saturated heterocycles. The van der Waals surface area contributed by atoms with E-state index in [2.05, 4.69) is 27.0 Å². The molecule has 0 bridgehead atoms. The van der Waals surface area contributed by atoms with Crippen LogP contribution in [0.5, 0.6) is 0 Å². The third kappa shape index (κ3) is 3.13. The fourth-order valence-electron chi connectivity index (χ4n) is 3.50. The summed E-state index contributed by atoms with van der Waals surface area (Å²) in [5.74, 6) is 0.342. The lowest BCUT2D eigenvalue weighted by molar-refractivity contribution is 0.199. The highest BCUT2D eigenvalue weighted by Crippen LogP contribution is 2.29. The Hall–Kier alpha value is -2.20. The van der Waals surface area contributed by atoms with Gasteiger partial charge in [-0.15, -0.1) is 0 Å². The Bertz CT molecular complexity index is 761. The number of pyridine rings is 1. The van der Waals surface area contributed by atoms with Crippen molar-refractivity contribution in [1.82, 2.24) is 14.9 Å². The zero-order valence-electron chi connectivity index (χ0n) is 13.0. The molecule has 0 unspecified atom stereocenters. The monoisotopic (exact) mass is 309 g/mol. The van der Waals surface area contributed by atoms with Gasteiger partial charge in [0.2, 0.25) is 0 Å². The topological polar surface area (TPSA) is 31.9 Å². The van der Waals surface area contributed by atoms with Crippen molar-refractivity contribution in [2.75, 3.05) is 13.1 Å². The van der Waals surface area contributed by atoms with Crippen molar-refractivity contribution in [3.05, 3.63) is 65.7 Å². The van der Waals surface area contributed by atoms with Crippen molar-refractivity contribution < 1.29 is 4.39 Å². The smallest absolute Gasteiger partial charge is 0.137 e. The molecule has 1 aromatic carbocycles. The van der Waals surface area contributed by atoms with Gasteiger partial charge in [-0.3, -0.25) is 4.90 Å². The SMILES string of the molecule is Fc1ccc(CN2CCC[C@H](c3cc4cccnc4[nH]3)C2)cc1. The first-order valence-corrected chi connectivity index (χ1v) is 8.18. The average molecular weight is 309 g/mol. The zero-order valence-corrected chi connectivity index (χ0v) is 13.0. The van der Waals surface area contributed by atoms with Crippen molar-refractivity contribution in [2.24, 2.45) is 0 Å². The molecule has 0 radical (unpaired) electrons. The van der Waals surface area contributed by atoms with Gasteiger partial charge >= 0.3 is 0 Å². The highest BCUT2D eigenvalue weighted by molar-refractivity contribution is 5.76. The number of hydrogen-bond donors (Lipinski definition) is 1. The Labute approximate surface area is 135 Å². The van der Waals surface area contributed by atoms with Crippen LogP contribution in [0, 0.1) is 5.82 Å². The first-order chi connectivity index (χ1) is 11.3. The summed E-state index contributed by atoms with van der Waals surface area (Å²) < 4.78 is 13.0. The van der Waals surface area contributed by atoms with Crippen LogP contribution < -0.4 is 0 Å². The highest BCUT2D eigenvalue weighted by Gasteiger charge is 2.22. The van der Waals surface area contributed by atoms with Gasteiger partial charge in [0.25, 0.3) is 0 Å². The molecule has 4 heteroatoms. The normalized spacial score (nSPS) is 19.3. The van der Waals surface area contributed by atoms with E-state index >= 15 is 0 Å². The molecule has 3 nitrogen and oxygen atoms in total. The molecule has 3 heterocycles. The molecule has 0 aliphatic carbocycles. The van der Waals surface area contributed by atoms with Crippen molar-refractivity contribution in [2.45, 2.75) is 25.3 Å². The standard InChI is InChI=1S/C19H20FN3/c20-17-7-5-14(6-8-17)12-23-10-2-4-16(13-23)18-11-15-3-1-9-21-19(15)22-18/h1,3,5-9,11,16H,2,4,10,12-13H2,(H,21,22)/t16-/m0/s1. The molecule has 1 fully saturated rings. The molecule has 1 aliphatic rings. The zero-order chi connectivity index (χ0) is 15.6. The Morgan fingerprint density at radius 3 is 2.91 bits per heavy atom. The van der Waals surface area contributed by atoms with Gasteiger partial charge in [0, 0.05) is 36.3 Å². The highest BCUT2D eigenvalue weighted by atomic mass is 19.1. The minimum absolute atomic E-state index is 0.171. The van der Waals surface area contributed by atoms with Crippen molar-refractivity contribution in [1.29, 1.82) is 0 Å². The number of aromatic amines is 1. The lowest BCUT2D eigenvalue weighted by atomic mass is 9.94. The lowest BCUT2D eigenvalue weighted by Gasteiger charge is -2.32. The molecule has 23 heavy (non-hydrogen) atoms. The molecule has 1 aliphatic heterocycles. The van der Waals surface area contributed by atoms with E-state index in [0.717, 1.165) is 25.3 Å². The quantitative estimate of drug-likeness (QED) is 0.790. The molecule has 1 N–H and O–H groups in total. The molecular weight excluding hydrogens is 289 g/mol. The van der Waals surface area contributed by atoms with Crippen LogP contribution in [0.2, 0.25) is 0 Å². The van der Waals surface area contributed by atoms with Crippen molar-refractivity contribution >= 4 is 11.0 Å². The third-order valence-corrected chi connectivity index (χ3v) is 4.68. The summed E-state index contributed by atoms with van der Waals surface area (Å²) in [4.78, 5) is 10.3. The summed E-state index contributed by atoms with van der Waals surface area (Å²) in [7, 11) is 0. The second-order valence-electron chi connectivity index (χ2n) is 6.37. The molecule has 0 amide bonds. The van der Waals surface area contributed by atoms with Crippen molar-refractivity contribution in [3.63, 3.8) is 0 Å². The van der Waals surface area contributed by atoms with Gasteiger partial charge in [0.15, 0.2) is 0 Å². The average Bonchev–Trinajstić information content (AvgIpc) is 3.01. The summed E-state index contributed by atoms with van der Waals surface area (Å²) in [5.41, 5.74) is 3.42. The van der Waals surface area contributed by atoms with Gasteiger partial charge in [-0.25, -0.2) is 9.37 Å². The second kappa shape index (κ2) is 6.13. The van der Waals surface area contributed by atoms with Crippen LogP contribution in [0.4, 0.5) is 4.39 Å². The number of rotatable bonds is 3. The van der Waals surface area contributed by atoms with Crippen molar-refractivity contribution in [3.8, 4) is 0 Å². The van der Waals surface area contributed by atoms with E-state index in [1.807, 2.05) is 24.4 Å². The number of likely N-dealkylation sites (tertiary alicyclic amines) is 1. The summed E-state index contributed by atoms with van der Waals surface area (Å²) in [6.45, 7) is 3.02. The van der Waals surface area contributed by atoms with Gasteiger partial charge in [-0.1, -0.05) is 12.1 Å². The molecule has 118 valence electrons. The Balaban J connectivity index is 1.49. The largest absolute Gasteiger partial charge is 0.343 e. The van der Waals surface area contributed by atoms with Gasteiger partial charge < -0.3 is 4.98 Å². The molecule has 4 rings (SSSR count). The van der Waals surface area contributed by atoms with E-state index in [1.165, 1.54) is 29.5 Å². The number of halogens is 1. The summed E-state index contributed by atoms with van der Waals surface area (Å²) in [6.07, 6.45) is 4.21. The van der Waals surface area contributed by atoms with Crippen LogP contribution in [-0.4, -0.2) is 28.0 Å². The van der Waals surface area contributed by atoms with Crippen LogP contribution in [0.3, 0.4) is 0 Å². The first kappa shape index (κ1) is 14.4. The predicted octanol–water partition coefficient (Wildman–Crippen LogP) is 4.08. The van der Waals surface area contributed by atoms with Crippen LogP contribution >= 0.6 is 0 Å².